The number of carbonyl (C=O) groups excluding carboxylic acids is 1. The van der Waals surface area contributed by atoms with Crippen LogP contribution in [0.25, 0.3) is 0 Å². The summed E-state index contributed by atoms with van der Waals surface area (Å²) < 4.78 is 27.4. The summed E-state index contributed by atoms with van der Waals surface area (Å²) in [5.74, 6) is -0.219. The van der Waals surface area contributed by atoms with Crippen molar-refractivity contribution >= 4 is 15.9 Å². The molecule has 1 atom stereocenters. The molecule has 0 radical (unpaired) electrons. The summed E-state index contributed by atoms with van der Waals surface area (Å²) >= 11 is 0. The average Bonchev–Trinajstić information content (AvgIpc) is 3.20. The maximum absolute atomic E-state index is 13.0. The van der Waals surface area contributed by atoms with Crippen LogP contribution in [0.15, 0.2) is 53.7 Å². The van der Waals surface area contributed by atoms with Crippen LogP contribution in [-0.4, -0.2) is 36.7 Å². The number of aromatic nitrogens is 1. The standard InChI is InChI=1S/C20H25N3O3S/c1-15(16-10-12-21-13-11-16)23(2)27(25,26)19-9-5-6-17(14-19)20(24)22-18-7-3-4-8-18/h5-6,9-15,18H,3-4,7-8H2,1-2H3,(H,22,24)/t15-/m1/s1. The lowest BCUT2D eigenvalue weighted by Gasteiger charge is -2.24. The van der Waals surface area contributed by atoms with Crippen LogP contribution in [0.3, 0.4) is 0 Å². The van der Waals surface area contributed by atoms with Crippen molar-refractivity contribution in [3.8, 4) is 0 Å². The first-order chi connectivity index (χ1) is 12.9. The minimum atomic E-state index is -3.74. The van der Waals surface area contributed by atoms with Gasteiger partial charge in [0.05, 0.1) is 4.90 Å². The lowest BCUT2D eigenvalue weighted by atomic mass is 10.1. The third-order valence-corrected chi connectivity index (χ3v) is 7.12. The molecule has 144 valence electrons. The molecule has 1 fully saturated rings. The zero-order chi connectivity index (χ0) is 19.4. The first-order valence-electron chi connectivity index (χ1n) is 9.18. The van der Waals surface area contributed by atoms with Gasteiger partial charge in [0.25, 0.3) is 5.91 Å². The van der Waals surface area contributed by atoms with Crippen LogP contribution in [0, 0.1) is 0 Å². The number of sulfonamides is 1. The van der Waals surface area contributed by atoms with Crippen LogP contribution >= 0.6 is 0 Å². The van der Waals surface area contributed by atoms with Crippen molar-refractivity contribution in [1.29, 1.82) is 0 Å². The van der Waals surface area contributed by atoms with Crippen LogP contribution < -0.4 is 5.32 Å². The summed E-state index contributed by atoms with van der Waals surface area (Å²) in [6, 6.07) is 9.66. The Hall–Kier alpha value is -2.25. The van der Waals surface area contributed by atoms with Gasteiger partial charge in [0, 0.05) is 37.1 Å². The zero-order valence-corrected chi connectivity index (χ0v) is 16.4. The highest BCUT2D eigenvalue weighted by molar-refractivity contribution is 7.89. The second-order valence-corrected chi connectivity index (χ2v) is 8.96. The summed E-state index contributed by atoms with van der Waals surface area (Å²) in [7, 11) is -2.19. The van der Waals surface area contributed by atoms with Gasteiger partial charge >= 0.3 is 0 Å². The largest absolute Gasteiger partial charge is 0.349 e. The molecule has 7 heteroatoms. The Bertz CT molecular complexity index is 894. The van der Waals surface area contributed by atoms with Gasteiger partial charge in [0.1, 0.15) is 0 Å². The van der Waals surface area contributed by atoms with E-state index in [1.807, 2.05) is 6.92 Å². The van der Waals surface area contributed by atoms with Gasteiger partial charge in [-0.25, -0.2) is 8.42 Å². The van der Waals surface area contributed by atoms with Gasteiger partial charge in [-0.1, -0.05) is 18.9 Å². The van der Waals surface area contributed by atoms with Gasteiger partial charge in [0.2, 0.25) is 10.0 Å². The summed E-state index contributed by atoms with van der Waals surface area (Å²) in [6.07, 6.45) is 7.49. The lowest BCUT2D eigenvalue weighted by molar-refractivity contribution is 0.0937. The molecule has 2 aromatic rings. The fourth-order valence-electron chi connectivity index (χ4n) is 3.36. The van der Waals surface area contributed by atoms with Gasteiger partial charge in [-0.05, 0) is 55.7 Å². The number of benzene rings is 1. The number of nitrogens with zero attached hydrogens (tertiary/aromatic N) is 2. The highest BCUT2D eigenvalue weighted by atomic mass is 32.2. The van der Waals surface area contributed by atoms with E-state index in [4.69, 9.17) is 0 Å². The van der Waals surface area contributed by atoms with Crippen LogP contribution in [0.1, 0.15) is 54.6 Å². The third kappa shape index (κ3) is 4.36. The molecule has 3 rings (SSSR count). The van der Waals surface area contributed by atoms with E-state index in [0.29, 0.717) is 5.56 Å². The minimum absolute atomic E-state index is 0.116. The van der Waals surface area contributed by atoms with Crippen molar-refractivity contribution in [2.45, 2.75) is 49.6 Å². The van der Waals surface area contributed by atoms with Crippen molar-refractivity contribution < 1.29 is 13.2 Å². The summed E-state index contributed by atoms with van der Waals surface area (Å²) in [4.78, 5) is 16.6. The summed E-state index contributed by atoms with van der Waals surface area (Å²) in [5, 5.41) is 3.00. The number of carbonyl (C=O) groups is 1. The zero-order valence-electron chi connectivity index (χ0n) is 15.6. The fourth-order valence-corrected chi connectivity index (χ4v) is 4.76. The van der Waals surface area contributed by atoms with E-state index in [2.05, 4.69) is 10.3 Å². The molecule has 1 heterocycles. The van der Waals surface area contributed by atoms with E-state index < -0.39 is 10.0 Å². The predicted molar refractivity (Wildman–Crippen MR) is 104 cm³/mol. The maximum Gasteiger partial charge on any atom is 0.251 e. The second kappa shape index (κ2) is 8.19. The molecule has 1 aliphatic carbocycles. The second-order valence-electron chi connectivity index (χ2n) is 6.96. The van der Waals surface area contributed by atoms with Crippen molar-refractivity contribution in [2.75, 3.05) is 7.05 Å². The molecule has 1 aromatic heterocycles. The van der Waals surface area contributed by atoms with E-state index in [0.717, 1.165) is 31.2 Å². The first-order valence-corrected chi connectivity index (χ1v) is 10.6. The summed E-state index contributed by atoms with van der Waals surface area (Å²) in [6.45, 7) is 1.82. The topological polar surface area (TPSA) is 79.4 Å². The van der Waals surface area contributed by atoms with Crippen LogP contribution in [0.2, 0.25) is 0 Å². The molecule has 0 bridgehead atoms. The van der Waals surface area contributed by atoms with Crippen LogP contribution in [-0.2, 0) is 10.0 Å². The molecular weight excluding hydrogens is 362 g/mol. The molecule has 1 aromatic carbocycles. The van der Waals surface area contributed by atoms with E-state index in [1.54, 1.807) is 43.7 Å². The fraction of sp³-hybridized carbons (Fsp3) is 0.400. The van der Waals surface area contributed by atoms with Gasteiger partial charge in [-0.15, -0.1) is 0 Å². The molecule has 0 aliphatic heterocycles. The third-order valence-electron chi connectivity index (χ3n) is 5.20. The first kappa shape index (κ1) is 19.5. The number of rotatable bonds is 6. The van der Waals surface area contributed by atoms with Crippen molar-refractivity contribution in [2.24, 2.45) is 0 Å². The minimum Gasteiger partial charge on any atom is -0.349 e. The molecule has 6 nitrogen and oxygen atoms in total. The number of nitrogens with one attached hydrogen (secondary N) is 1. The number of hydrogen-bond acceptors (Lipinski definition) is 4. The Morgan fingerprint density at radius 3 is 2.52 bits per heavy atom. The summed E-state index contributed by atoms with van der Waals surface area (Å²) in [5.41, 5.74) is 1.22. The number of amides is 1. The average molecular weight is 388 g/mol. The predicted octanol–water partition coefficient (Wildman–Crippen LogP) is 3.14. The number of pyridine rings is 1. The molecule has 1 amide bonds. The molecule has 1 saturated carbocycles. The van der Waals surface area contributed by atoms with E-state index in [1.165, 1.54) is 16.4 Å². The van der Waals surface area contributed by atoms with E-state index >= 15 is 0 Å². The maximum atomic E-state index is 13.0. The quantitative estimate of drug-likeness (QED) is 0.826. The Morgan fingerprint density at radius 1 is 1.19 bits per heavy atom. The highest BCUT2D eigenvalue weighted by Crippen LogP contribution is 2.26. The van der Waals surface area contributed by atoms with E-state index in [9.17, 15) is 13.2 Å². The molecule has 0 spiro atoms. The number of hydrogen-bond donors (Lipinski definition) is 1. The normalized spacial score (nSPS) is 16.4. The SMILES string of the molecule is C[C@H](c1ccncc1)N(C)S(=O)(=O)c1cccc(C(=O)NC2CCCC2)c1. The van der Waals surface area contributed by atoms with Gasteiger partial charge in [-0.2, -0.15) is 4.31 Å². The smallest absolute Gasteiger partial charge is 0.251 e. The van der Waals surface area contributed by atoms with Gasteiger partial charge in [0.15, 0.2) is 0 Å². The monoisotopic (exact) mass is 387 g/mol. The Labute approximate surface area is 160 Å². The van der Waals surface area contributed by atoms with Gasteiger partial charge in [-0.3, -0.25) is 9.78 Å². The molecule has 1 aliphatic rings. The highest BCUT2D eigenvalue weighted by Gasteiger charge is 2.27. The molecule has 1 N–H and O–H groups in total. The lowest BCUT2D eigenvalue weighted by Crippen LogP contribution is -2.33. The van der Waals surface area contributed by atoms with Crippen molar-refractivity contribution in [1.82, 2.24) is 14.6 Å². The van der Waals surface area contributed by atoms with E-state index in [-0.39, 0.29) is 22.9 Å². The van der Waals surface area contributed by atoms with Crippen LogP contribution in [0.4, 0.5) is 0 Å². The van der Waals surface area contributed by atoms with Gasteiger partial charge < -0.3 is 5.32 Å². The molecular formula is C20H25N3O3S. The molecule has 27 heavy (non-hydrogen) atoms. The Balaban J connectivity index is 1.81. The van der Waals surface area contributed by atoms with Crippen LogP contribution in [0.5, 0.6) is 0 Å². The Morgan fingerprint density at radius 2 is 1.85 bits per heavy atom. The van der Waals surface area contributed by atoms with Crippen molar-refractivity contribution in [3.05, 3.63) is 59.9 Å². The Kier molecular flexibility index (Phi) is 5.92. The molecule has 0 unspecified atom stereocenters. The van der Waals surface area contributed by atoms with Crippen molar-refractivity contribution in [3.63, 3.8) is 0 Å². The molecule has 0 saturated heterocycles.